The Balaban J connectivity index is 1.80. The standard InChI is InChI=1S/C14H9FN4O2/c15-12-5-4-10(7-16-12)13(20)18-11-3-1-2-9(6-11)14-19-17-8-21-14/h1-8H,(H,18,20). The van der Waals surface area contributed by atoms with Crippen LogP contribution in [0.4, 0.5) is 10.1 Å². The summed E-state index contributed by atoms with van der Waals surface area (Å²) in [6, 6.07) is 9.43. The molecular weight excluding hydrogens is 275 g/mol. The molecule has 0 radical (unpaired) electrons. The second-order valence-electron chi connectivity index (χ2n) is 4.15. The highest BCUT2D eigenvalue weighted by Crippen LogP contribution is 2.20. The highest BCUT2D eigenvalue weighted by Gasteiger charge is 2.09. The number of rotatable bonds is 3. The molecule has 0 fully saturated rings. The molecule has 1 N–H and O–H groups in total. The summed E-state index contributed by atoms with van der Waals surface area (Å²) in [7, 11) is 0. The SMILES string of the molecule is O=C(Nc1cccc(-c2nnco2)c1)c1ccc(F)nc1. The van der Waals surface area contributed by atoms with E-state index in [1.807, 2.05) is 0 Å². The van der Waals surface area contributed by atoms with Crippen LogP contribution >= 0.6 is 0 Å². The van der Waals surface area contributed by atoms with Gasteiger partial charge in [-0.3, -0.25) is 4.79 Å². The van der Waals surface area contributed by atoms with Gasteiger partial charge in [-0.15, -0.1) is 10.2 Å². The molecule has 1 amide bonds. The van der Waals surface area contributed by atoms with Gasteiger partial charge in [0.2, 0.25) is 18.2 Å². The first kappa shape index (κ1) is 12.9. The van der Waals surface area contributed by atoms with Crippen LogP contribution in [0, 0.1) is 5.95 Å². The second kappa shape index (κ2) is 5.49. The molecule has 104 valence electrons. The second-order valence-corrected chi connectivity index (χ2v) is 4.15. The van der Waals surface area contributed by atoms with Gasteiger partial charge in [0.15, 0.2) is 0 Å². The number of nitrogens with one attached hydrogen (secondary N) is 1. The summed E-state index contributed by atoms with van der Waals surface area (Å²) in [4.78, 5) is 15.4. The Hall–Kier alpha value is -3.09. The number of hydrogen-bond acceptors (Lipinski definition) is 5. The number of halogens is 1. The van der Waals surface area contributed by atoms with Gasteiger partial charge in [0.05, 0.1) is 5.56 Å². The van der Waals surface area contributed by atoms with Crippen molar-refractivity contribution >= 4 is 11.6 Å². The van der Waals surface area contributed by atoms with E-state index in [4.69, 9.17) is 4.42 Å². The van der Waals surface area contributed by atoms with E-state index in [0.29, 0.717) is 17.1 Å². The van der Waals surface area contributed by atoms with Crippen molar-refractivity contribution in [2.24, 2.45) is 0 Å². The molecule has 0 aliphatic rings. The zero-order valence-corrected chi connectivity index (χ0v) is 10.7. The Labute approximate surface area is 118 Å². The van der Waals surface area contributed by atoms with E-state index in [1.54, 1.807) is 24.3 Å². The van der Waals surface area contributed by atoms with Crippen molar-refractivity contribution in [3.05, 3.63) is 60.5 Å². The fraction of sp³-hybridized carbons (Fsp3) is 0. The third-order valence-corrected chi connectivity index (χ3v) is 2.72. The van der Waals surface area contributed by atoms with Gasteiger partial charge in [0.25, 0.3) is 5.91 Å². The Morgan fingerprint density at radius 3 is 2.86 bits per heavy atom. The summed E-state index contributed by atoms with van der Waals surface area (Å²) < 4.78 is 17.8. The van der Waals surface area contributed by atoms with Crippen LogP contribution in [0.3, 0.4) is 0 Å². The number of amides is 1. The maximum absolute atomic E-state index is 12.7. The highest BCUT2D eigenvalue weighted by molar-refractivity contribution is 6.04. The van der Waals surface area contributed by atoms with E-state index in [9.17, 15) is 9.18 Å². The summed E-state index contributed by atoms with van der Waals surface area (Å²) in [6.07, 6.45) is 2.40. The van der Waals surface area contributed by atoms with Gasteiger partial charge in [-0.2, -0.15) is 4.39 Å². The average Bonchev–Trinajstić information content (AvgIpc) is 3.02. The minimum atomic E-state index is -0.634. The molecule has 0 atom stereocenters. The Morgan fingerprint density at radius 1 is 1.24 bits per heavy atom. The van der Waals surface area contributed by atoms with E-state index < -0.39 is 5.95 Å². The first-order valence-electron chi connectivity index (χ1n) is 6.02. The topological polar surface area (TPSA) is 80.9 Å². The van der Waals surface area contributed by atoms with Crippen molar-refractivity contribution < 1.29 is 13.6 Å². The number of nitrogens with zero attached hydrogens (tertiary/aromatic N) is 3. The molecule has 21 heavy (non-hydrogen) atoms. The molecule has 0 unspecified atom stereocenters. The molecule has 0 spiro atoms. The van der Waals surface area contributed by atoms with Gasteiger partial charge in [0.1, 0.15) is 0 Å². The molecule has 3 aromatic rings. The maximum Gasteiger partial charge on any atom is 0.257 e. The van der Waals surface area contributed by atoms with Crippen molar-refractivity contribution in [1.82, 2.24) is 15.2 Å². The quantitative estimate of drug-likeness (QED) is 0.747. The largest absolute Gasteiger partial charge is 0.423 e. The number of pyridine rings is 1. The smallest absolute Gasteiger partial charge is 0.257 e. The van der Waals surface area contributed by atoms with Crippen LogP contribution < -0.4 is 5.32 Å². The van der Waals surface area contributed by atoms with Crippen LogP contribution in [0.25, 0.3) is 11.5 Å². The lowest BCUT2D eigenvalue weighted by Gasteiger charge is -2.05. The number of benzene rings is 1. The first-order valence-corrected chi connectivity index (χ1v) is 6.02. The number of aromatic nitrogens is 3. The normalized spacial score (nSPS) is 10.3. The minimum absolute atomic E-state index is 0.264. The summed E-state index contributed by atoms with van der Waals surface area (Å²) in [5.41, 5.74) is 1.50. The fourth-order valence-electron chi connectivity index (χ4n) is 1.74. The molecule has 6 nitrogen and oxygen atoms in total. The Morgan fingerprint density at radius 2 is 2.14 bits per heavy atom. The van der Waals surface area contributed by atoms with Crippen LogP contribution in [0.2, 0.25) is 0 Å². The minimum Gasteiger partial charge on any atom is -0.423 e. The van der Waals surface area contributed by atoms with Crippen LogP contribution in [0.1, 0.15) is 10.4 Å². The van der Waals surface area contributed by atoms with Crippen molar-refractivity contribution in [3.8, 4) is 11.5 Å². The average molecular weight is 284 g/mol. The zero-order chi connectivity index (χ0) is 14.7. The highest BCUT2D eigenvalue weighted by atomic mass is 19.1. The van der Waals surface area contributed by atoms with E-state index >= 15 is 0 Å². The molecule has 0 bridgehead atoms. The van der Waals surface area contributed by atoms with E-state index in [1.165, 1.54) is 18.7 Å². The molecule has 2 heterocycles. The van der Waals surface area contributed by atoms with Crippen LogP contribution in [-0.4, -0.2) is 21.1 Å². The fourth-order valence-corrected chi connectivity index (χ4v) is 1.74. The summed E-state index contributed by atoms with van der Waals surface area (Å²) >= 11 is 0. The Kier molecular flexibility index (Phi) is 3.38. The van der Waals surface area contributed by atoms with Crippen LogP contribution in [0.5, 0.6) is 0 Å². The Bertz CT molecular complexity index is 757. The number of carbonyl (C=O) groups is 1. The van der Waals surface area contributed by atoms with Gasteiger partial charge < -0.3 is 9.73 Å². The van der Waals surface area contributed by atoms with Gasteiger partial charge >= 0.3 is 0 Å². The predicted molar refractivity (Wildman–Crippen MR) is 71.9 cm³/mol. The summed E-state index contributed by atoms with van der Waals surface area (Å²) in [5.74, 6) is -0.662. The number of carbonyl (C=O) groups excluding carboxylic acids is 1. The lowest BCUT2D eigenvalue weighted by atomic mass is 10.2. The monoisotopic (exact) mass is 284 g/mol. The van der Waals surface area contributed by atoms with Crippen molar-refractivity contribution in [2.75, 3.05) is 5.32 Å². The number of anilines is 1. The van der Waals surface area contributed by atoms with Crippen LogP contribution in [-0.2, 0) is 0 Å². The molecule has 0 aliphatic carbocycles. The predicted octanol–water partition coefficient (Wildman–Crippen LogP) is 2.52. The molecule has 3 rings (SSSR count). The molecule has 2 aromatic heterocycles. The van der Waals surface area contributed by atoms with Crippen molar-refractivity contribution in [2.45, 2.75) is 0 Å². The molecule has 1 aromatic carbocycles. The molecular formula is C14H9FN4O2. The molecule has 0 aliphatic heterocycles. The van der Waals surface area contributed by atoms with Gasteiger partial charge in [-0.1, -0.05) is 6.07 Å². The third-order valence-electron chi connectivity index (χ3n) is 2.72. The van der Waals surface area contributed by atoms with Gasteiger partial charge in [0, 0.05) is 17.4 Å². The summed E-state index contributed by atoms with van der Waals surface area (Å²) in [5, 5.41) is 10.1. The van der Waals surface area contributed by atoms with E-state index in [2.05, 4.69) is 20.5 Å². The lowest BCUT2D eigenvalue weighted by molar-refractivity contribution is 0.102. The van der Waals surface area contributed by atoms with E-state index in [0.717, 1.165) is 6.07 Å². The number of hydrogen-bond donors (Lipinski definition) is 1. The molecule has 0 saturated heterocycles. The zero-order valence-electron chi connectivity index (χ0n) is 10.7. The first-order chi connectivity index (χ1) is 10.2. The summed E-state index contributed by atoms with van der Waals surface area (Å²) in [6.45, 7) is 0. The van der Waals surface area contributed by atoms with Gasteiger partial charge in [-0.05, 0) is 30.3 Å². The maximum atomic E-state index is 12.7. The lowest BCUT2D eigenvalue weighted by Crippen LogP contribution is -2.12. The molecule has 7 heteroatoms. The van der Waals surface area contributed by atoms with Crippen molar-refractivity contribution in [1.29, 1.82) is 0 Å². The van der Waals surface area contributed by atoms with Crippen LogP contribution in [0.15, 0.2) is 53.4 Å². The third kappa shape index (κ3) is 2.92. The van der Waals surface area contributed by atoms with E-state index in [-0.39, 0.29) is 11.5 Å². The van der Waals surface area contributed by atoms with Gasteiger partial charge in [-0.25, -0.2) is 4.98 Å². The van der Waals surface area contributed by atoms with Crippen molar-refractivity contribution in [3.63, 3.8) is 0 Å². The molecule has 0 saturated carbocycles.